The van der Waals surface area contributed by atoms with Gasteiger partial charge in [-0.25, -0.2) is 9.18 Å². The maximum absolute atomic E-state index is 13.7. The SMILES string of the molecule is NCc1ccc(C#CCNC(=O)OCC2c3ccccc3-c3ccccc32)cc1F. The van der Waals surface area contributed by atoms with Gasteiger partial charge < -0.3 is 15.8 Å². The molecule has 0 fully saturated rings. The first-order valence-electron chi connectivity index (χ1n) is 9.73. The molecule has 1 amide bonds. The van der Waals surface area contributed by atoms with Gasteiger partial charge in [-0.2, -0.15) is 0 Å². The van der Waals surface area contributed by atoms with Gasteiger partial charge in [-0.1, -0.05) is 66.4 Å². The Morgan fingerprint density at radius 2 is 1.70 bits per heavy atom. The van der Waals surface area contributed by atoms with Crippen molar-refractivity contribution < 1.29 is 13.9 Å². The van der Waals surface area contributed by atoms with Crippen LogP contribution in [0, 0.1) is 17.7 Å². The number of alkyl carbamates (subject to hydrolysis) is 1. The topological polar surface area (TPSA) is 64.3 Å². The van der Waals surface area contributed by atoms with E-state index in [4.69, 9.17) is 10.5 Å². The van der Waals surface area contributed by atoms with E-state index in [1.807, 2.05) is 24.3 Å². The molecule has 0 aromatic heterocycles. The van der Waals surface area contributed by atoms with Crippen molar-refractivity contribution in [3.05, 3.63) is 94.8 Å². The average Bonchev–Trinajstić information content (AvgIpc) is 3.09. The smallest absolute Gasteiger partial charge is 0.407 e. The Bertz CT molecular complexity index is 1100. The van der Waals surface area contributed by atoms with E-state index in [-0.39, 0.29) is 31.4 Å². The van der Waals surface area contributed by atoms with Crippen molar-refractivity contribution in [3.8, 4) is 23.0 Å². The number of rotatable bonds is 4. The molecule has 4 nitrogen and oxygen atoms in total. The zero-order valence-electron chi connectivity index (χ0n) is 16.3. The number of amides is 1. The van der Waals surface area contributed by atoms with Crippen LogP contribution in [0.25, 0.3) is 11.1 Å². The van der Waals surface area contributed by atoms with Gasteiger partial charge in [0.05, 0.1) is 6.54 Å². The van der Waals surface area contributed by atoms with Crippen LogP contribution in [0.3, 0.4) is 0 Å². The molecular weight excluding hydrogens is 379 g/mol. The van der Waals surface area contributed by atoms with Crippen LogP contribution in [0.1, 0.15) is 28.2 Å². The van der Waals surface area contributed by atoms with Crippen molar-refractivity contribution in [2.75, 3.05) is 13.2 Å². The number of ether oxygens (including phenoxy) is 1. The normalized spacial score (nSPS) is 11.8. The van der Waals surface area contributed by atoms with Gasteiger partial charge in [0.1, 0.15) is 12.4 Å². The zero-order chi connectivity index (χ0) is 20.9. The van der Waals surface area contributed by atoms with E-state index in [2.05, 4.69) is 41.4 Å². The van der Waals surface area contributed by atoms with Gasteiger partial charge in [-0.3, -0.25) is 0 Å². The van der Waals surface area contributed by atoms with Crippen molar-refractivity contribution >= 4 is 6.09 Å². The van der Waals surface area contributed by atoms with Crippen LogP contribution in [0.5, 0.6) is 0 Å². The highest BCUT2D eigenvalue weighted by Crippen LogP contribution is 2.44. The molecule has 0 aliphatic heterocycles. The first kappa shape index (κ1) is 19.7. The van der Waals surface area contributed by atoms with E-state index in [1.165, 1.54) is 17.2 Å². The monoisotopic (exact) mass is 400 g/mol. The molecule has 1 aliphatic rings. The Morgan fingerprint density at radius 1 is 1.03 bits per heavy atom. The van der Waals surface area contributed by atoms with Gasteiger partial charge in [0.15, 0.2) is 0 Å². The van der Waals surface area contributed by atoms with Gasteiger partial charge >= 0.3 is 6.09 Å². The van der Waals surface area contributed by atoms with Crippen LogP contribution >= 0.6 is 0 Å². The van der Waals surface area contributed by atoms with Gasteiger partial charge in [0.25, 0.3) is 0 Å². The fourth-order valence-electron chi connectivity index (χ4n) is 3.70. The van der Waals surface area contributed by atoms with Crippen LogP contribution in [0.15, 0.2) is 66.7 Å². The van der Waals surface area contributed by atoms with Crippen molar-refractivity contribution in [2.24, 2.45) is 5.73 Å². The van der Waals surface area contributed by atoms with Crippen LogP contribution in [0.2, 0.25) is 0 Å². The lowest BCUT2D eigenvalue weighted by Gasteiger charge is -2.14. The lowest BCUT2D eigenvalue weighted by atomic mass is 9.98. The Labute approximate surface area is 174 Å². The quantitative estimate of drug-likeness (QED) is 0.646. The second kappa shape index (κ2) is 8.81. The Balaban J connectivity index is 1.33. The number of benzene rings is 3. The van der Waals surface area contributed by atoms with Gasteiger partial charge in [0, 0.05) is 23.6 Å². The van der Waals surface area contributed by atoms with Gasteiger partial charge in [0.2, 0.25) is 0 Å². The third-order valence-electron chi connectivity index (χ3n) is 5.17. The number of nitrogens with two attached hydrogens (primary N) is 1. The number of nitrogens with one attached hydrogen (secondary N) is 1. The molecule has 0 radical (unpaired) electrons. The summed E-state index contributed by atoms with van der Waals surface area (Å²) in [5, 5.41) is 2.61. The van der Waals surface area contributed by atoms with E-state index >= 15 is 0 Å². The number of carbonyl (C=O) groups excluding carboxylic acids is 1. The molecule has 3 N–H and O–H groups in total. The molecule has 5 heteroatoms. The van der Waals surface area contributed by atoms with E-state index < -0.39 is 6.09 Å². The third kappa shape index (κ3) is 4.05. The fourth-order valence-corrected chi connectivity index (χ4v) is 3.70. The lowest BCUT2D eigenvalue weighted by molar-refractivity contribution is 0.144. The summed E-state index contributed by atoms with van der Waals surface area (Å²) in [6.07, 6.45) is -0.532. The van der Waals surface area contributed by atoms with E-state index in [0.29, 0.717) is 11.1 Å². The maximum Gasteiger partial charge on any atom is 0.407 e. The summed E-state index contributed by atoms with van der Waals surface area (Å²) in [5.41, 5.74) is 11.1. The summed E-state index contributed by atoms with van der Waals surface area (Å²) in [6.45, 7) is 0.499. The number of carbonyl (C=O) groups is 1. The number of fused-ring (bicyclic) bond motifs is 3. The molecule has 150 valence electrons. The van der Waals surface area contributed by atoms with E-state index in [1.54, 1.807) is 12.1 Å². The summed E-state index contributed by atoms with van der Waals surface area (Å²) in [4.78, 5) is 12.1. The first-order chi connectivity index (χ1) is 14.7. The van der Waals surface area contributed by atoms with Crippen LogP contribution in [-0.4, -0.2) is 19.2 Å². The zero-order valence-corrected chi connectivity index (χ0v) is 16.3. The van der Waals surface area contributed by atoms with Crippen LogP contribution < -0.4 is 11.1 Å². The number of halogens is 1. The van der Waals surface area contributed by atoms with Crippen LogP contribution in [0.4, 0.5) is 9.18 Å². The lowest BCUT2D eigenvalue weighted by Crippen LogP contribution is -2.26. The summed E-state index contributed by atoms with van der Waals surface area (Å²) in [5.74, 6) is 5.24. The molecule has 30 heavy (non-hydrogen) atoms. The first-order valence-corrected chi connectivity index (χ1v) is 9.73. The second-order valence-corrected chi connectivity index (χ2v) is 6.99. The minimum absolute atomic E-state index is 0.0123. The van der Waals surface area contributed by atoms with Crippen molar-refractivity contribution in [3.63, 3.8) is 0 Å². The molecule has 0 heterocycles. The summed E-state index contributed by atoms with van der Waals surface area (Å²) < 4.78 is 19.2. The third-order valence-corrected chi connectivity index (χ3v) is 5.17. The highest BCUT2D eigenvalue weighted by atomic mass is 19.1. The molecule has 3 aromatic carbocycles. The minimum atomic E-state index is -0.532. The molecule has 0 unspecified atom stereocenters. The number of hydrogen-bond acceptors (Lipinski definition) is 3. The highest BCUT2D eigenvalue weighted by molar-refractivity contribution is 5.79. The Hall–Kier alpha value is -3.62. The van der Waals surface area contributed by atoms with Crippen molar-refractivity contribution in [1.82, 2.24) is 5.32 Å². The molecule has 4 rings (SSSR count). The van der Waals surface area contributed by atoms with Gasteiger partial charge in [-0.15, -0.1) is 0 Å². The van der Waals surface area contributed by atoms with Crippen molar-refractivity contribution in [2.45, 2.75) is 12.5 Å². The standard InChI is InChI=1S/C25H21FN2O2/c26-24-14-17(11-12-18(24)15-27)6-5-13-28-25(29)30-16-23-21-9-3-1-7-19(21)20-8-2-4-10-22(20)23/h1-4,7-12,14,23H,13,15-16,27H2,(H,28,29). The summed E-state index contributed by atoms with van der Waals surface area (Å²) >= 11 is 0. The molecule has 1 aliphatic carbocycles. The van der Waals surface area contributed by atoms with Gasteiger partial charge in [-0.05, 0) is 34.4 Å². The van der Waals surface area contributed by atoms with Crippen LogP contribution in [-0.2, 0) is 11.3 Å². The highest BCUT2D eigenvalue weighted by Gasteiger charge is 2.28. The van der Waals surface area contributed by atoms with E-state index in [0.717, 1.165) is 11.1 Å². The Kier molecular flexibility index (Phi) is 5.78. The molecule has 0 saturated carbocycles. The average molecular weight is 400 g/mol. The molecule has 3 aromatic rings. The molecule has 0 spiro atoms. The largest absolute Gasteiger partial charge is 0.449 e. The fraction of sp³-hybridized carbons (Fsp3) is 0.160. The maximum atomic E-state index is 13.7. The second-order valence-electron chi connectivity index (χ2n) is 6.99. The predicted octanol–water partition coefficient (Wildman–Crippen LogP) is 4.17. The van der Waals surface area contributed by atoms with E-state index in [9.17, 15) is 9.18 Å². The molecule has 0 bridgehead atoms. The Morgan fingerprint density at radius 3 is 2.33 bits per heavy atom. The molecule has 0 atom stereocenters. The summed E-state index contributed by atoms with van der Waals surface area (Å²) in [6, 6.07) is 21.0. The molecule has 0 saturated heterocycles. The number of hydrogen-bond donors (Lipinski definition) is 2. The van der Waals surface area contributed by atoms with Crippen molar-refractivity contribution in [1.29, 1.82) is 0 Å². The predicted molar refractivity (Wildman–Crippen MR) is 114 cm³/mol. The minimum Gasteiger partial charge on any atom is -0.449 e. The summed E-state index contributed by atoms with van der Waals surface area (Å²) in [7, 11) is 0. The molecular formula is C25H21FN2O2.